The largest absolute Gasteiger partial charge is 0.378 e. The van der Waals surface area contributed by atoms with E-state index in [0.717, 1.165) is 44.1 Å². The van der Waals surface area contributed by atoms with Gasteiger partial charge in [-0.15, -0.1) is 0 Å². The molecule has 4 rings (SSSR count). The van der Waals surface area contributed by atoms with Gasteiger partial charge in [0.25, 0.3) is 0 Å². The number of hydrogen-bond donors (Lipinski definition) is 0. The highest BCUT2D eigenvalue weighted by Gasteiger charge is 2.14. The van der Waals surface area contributed by atoms with Gasteiger partial charge in [-0.1, -0.05) is 36.4 Å². The topological polar surface area (TPSA) is 25.4 Å². The predicted octanol–water partition coefficient (Wildman–Crippen LogP) is 3.97. The lowest BCUT2D eigenvalue weighted by Crippen LogP contribution is -2.36. The first-order valence-electron chi connectivity index (χ1n) is 8.56. The number of rotatable bonds is 3. The Bertz CT molecular complexity index is 839. The average Bonchev–Trinajstić information content (AvgIpc) is 2.64. The molecule has 0 unspecified atom stereocenters. The molecule has 2 heterocycles. The van der Waals surface area contributed by atoms with Gasteiger partial charge in [-0.25, -0.2) is 4.98 Å². The Morgan fingerprint density at radius 1 is 0.958 bits per heavy atom. The second-order valence-corrected chi connectivity index (χ2v) is 6.41. The smallest absolute Gasteiger partial charge is 0.129 e. The van der Waals surface area contributed by atoms with Crippen LogP contribution in [0.5, 0.6) is 0 Å². The molecule has 2 aromatic carbocycles. The van der Waals surface area contributed by atoms with Crippen LogP contribution in [-0.4, -0.2) is 31.3 Å². The third-order valence-electron chi connectivity index (χ3n) is 4.65. The molecule has 0 aliphatic carbocycles. The van der Waals surface area contributed by atoms with Crippen molar-refractivity contribution in [1.82, 2.24) is 4.98 Å². The Labute approximate surface area is 142 Å². The number of aryl methyl sites for hydroxylation is 1. The quantitative estimate of drug-likeness (QED) is 0.730. The lowest BCUT2D eigenvalue weighted by Gasteiger charge is -2.28. The van der Waals surface area contributed by atoms with Crippen LogP contribution in [0.15, 0.2) is 54.6 Å². The molecule has 1 aliphatic heterocycles. The molecule has 3 nitrogen and oxygen atoms in total. The van der Waals surface area contributed by atoms with Crippen LogP contribution in [0.2, 0.25) is 0 Å². The first kappa shape index (κ1) is 15.2. The summed E-state index contributed by atoms with van der Waals surface area (Å²) in [5, 5.41) is 1.25. The lowest BCUT2D eigenvalue weighted by atomic mass is 10.0. The van der Waals surface area contributed by atoms with Gasteiger partial charge in [-0.2, -0.15) is 0 Å². The van der Waals surface area contributed by atoms with Crippen LogP contribution < -0.4 is 4.90 Å². The standard InChI is InChI=1S/C21H22N2O/c1-16-13-21(23-9-11-24-12-10-23)22-20-8-7-18(15-19(16)20)14-17-5-3-2-4-6-17/h2-8,13,15H,9-12,14H2,1H3. The van der Waals surface area contributed by atoms with Gasteiger partial charge >= 0.3 is 0 Å². The fraction of sp³-hybridized carbons (Fsp3) is 0.286. The molecule has 0 amide bonds. The predicted molar refractivity (Wildman–Crippen MR) is 98.8 cm³/mol. The van der Waals surface area contributed by atoms with Crippen LogP contribution in [0.25, 0.3) is 10.9 Å². The maximum atomic E-state index is 5.44. The van der Waals surface area contributed by atoms with Crippen molar-refractivity contribution >= 4 is 16.7 Å². The molecule has 0 radical (unpaired) electrons. The van der Waals surface area contributed by atoms with Crippen LogP contribution in [0.1, 0.15) is 16.7 Å². The van der Waals surface area contributed by atoms with Crippen molar-refractivity contribution in [2.45, 2.75) is 13.3 Å². The fourth-order valence-electron chi connectivity index (χ4n) is 3.32. The van der Waals surface area contributed by atoms with E-state index in [0.29, 0.717) is 0 Å². The molecule has 0 atom stereocenters. The molecule has 1 aromatic heterocycles. The van der Waals surface area contributed by atoms with Crippen molar-refractivity contribution in [1.29, 1.82) is 0 Å². The van der Waals surface area contributed by atoms with Gasteiger partial charge in [-0.05, 0) is 48.2 Å². The Kier molecular flexibility index (Phi) is 4.18. The van der Waals surface area contributed by atoms with E-state index < -0.39 is 0 Å². The SMILES string of the molecule is Cc1cc(N2CCOCC2)nc2ccc(Cc3ccccc3)cc12. The molecule has 122 valence electrons. The molecule has 0 bridgehead atoms. The van der Waals surface area contributed by atoms with Gasteiger partial charge in [0.15, 0.2) is 0 Å². The normalized spacial score (nSPS) is 15.0. The third-order valence-corrected chi connectivity index (χ3v) is 4.65. The zero-order chi connectivity index (χ0) is 16.4. The Morgan fingerprint density at radius 2 is 1.75 bits per heavy atom. The second-order valence-electron chi connectivity index (χ2n) is 6.41. The van der Waals surface area contributed by atoms with Crippen molar-refractivity contribution in [3.8, 4) is 0 Å². The van der Waals surface area contributed by atoms with E-state index in [1.54, 1.807) is 0 Å². The molecule has 24 heavy (non-hydrogen) atoms. The highest BCUT2D eigenvalue weighted by Crippen LogP contribution is 2.25. The van der Waals surface area contributed by atoms with Gasteiger partial charge in [0.05, 0.1) is 18.7 Å². The highest BCUT2D eigenvalue weighted by atomic mass is 16.5. The molecule has 0 saturated carbocycles. The summed E-state index contributed by atoms with van der Waals surface area (Å²) in [4.78, 5) is 7.19. The number of anilines is 1. The Morgan fingerprint density at radius 3 is 2.54 bits per heavy atom. The number of benzene rings is 2. The van der Waals surface area contributed by atoms with Crippen molar-refractivity contribution in [2.75, 3.05) is 31.2 Å². The van der Waals surface area contributed by atoms with E-state index in [-0.39, 0.29) is 0 Å². The van der Waals surface area contributed by atoms with Crippen LogP contribution in [0, 0.1) is 6.92 Å². The number of fused-ring (bicyclic) bond motifs is 1. The summed E-state index contributed by atoms with van der Waals surface area (Å²) in [5.74, 6) is 1.07. The summed E-state index contributed by atoms with van der Waals surface area (Å²) in [5.41, 5.74) is 5.04. The minimum atomic E-state index is 0.786. The molecule has 3 heteroatoms. The van der Waals surface area contributed by atoms with E-state index in [1.807, 2.05) is 0 Å². The van der Waals surface area contributed by atoms with Gasteiger partial charge in [-0.3, -0.25) is 0 Å². The summed E-state index contributed by atoms with van der Waals surface area (Å²) in [6.07, 6.45) is 0.960. The molecule has 0 N–H and O–H groups in total. The summed E-state index contributed by atoms with van der Waals surface area (Å²) >= 11 is 0. The molecule has 1 saturated heterocycles. The van der Waals surface area contributed by atoms with Gasteiger partial charge < -0.3 is 9.64 Å². The minimum Gasteiger partial charge on any atom is -0.378 e. The molecule has 1 fully saturated rings. The monoisotopic (exact) mass is 318 g/mol. The summed E-state index contributed by atoms with van der Waals surface area (Å²) in [7, 11) is 0. The lowest BCUT2D eigenvalue weighted by molar-refractivity contribution is 0.122. The number of morpholine rings is 1. The maximum absolute atomic E-state index is 5.44. The Hall–Kier alpha value is -2.39. The average molecular weight is 318 g/mol. The van der Waals surface area contributed by atoms with Crippen LogP contribution >= 0.6 is 0 Å². The maximum Gasteiger partial charge on any atom is 0.129 e. The first-order valence-corrected chi connectivity index (χ1v) is 8.56. The molecule has 3 aromatic rings. The summed E-state index contributed by atoms with van der Waals surface area (Å²) < 4.78 is 5.44. The second kappa shape index (κ2) is 6.62. The van der Waals surface area contributed by atoms with Gasteiger partial charge in [0.2, 0.25) is 0 Å². The van der Waals surface area contributed by atoms with E-state index in [9.17, 15) is 0 Å². The zero-order valence-electron chi connectivity index (χ0n) is 14.0. The molecule has 1 aliphatic rings. The van der Waals surface area contributed by atoms with Crippen molar-refractivity contribution < 1.29 is 4.74 Å². The zero-order valence-corrected chi connectivity index (χ0v) is 14.0. The van der Waals surface area contributed by atoms with Crippen molar-refractivity contribution in [3.05, 3.63) is 71.3 Å². The summed E-state index contributed by atoms with van der Waals surface area (Å²) in [6, 6.07) is 19.5. The highest BCUT2D eigenvalue weighted by molar-refractivity contribution is 5.84. The van der Waals surface area contributed by atoms with Gasteiger partial charge in [0, 0.05) is 18.5 Å². The number of pyridine rings is 1. The fourth-order valence-corrected chi connectivity index (χ4v) is 3.32. The van der Waals surface area contributed by atoms with E-state index in [1.165, 1.54) is 22.1 Å². The van der Waals surface area contributed by atoms with Crippen LogP contribution in [0.4, 0.5) is 5.82 Å². The molecular weight excluding hydrogens is 296 g/mol. The molecular formula is C21H22N2O. The summed E-state index contributed by atoms with van der Waals surface area (Å²) in [6.45, 7) is 5.60. The van der Waals surface area contributed by atoms with Crippen LogP contribution in [-0.2, 0) is 11.2 Å². The van der Waals surface area contributed by atoms with E-state index in [4.69, 9.17) is 9.72 Å². The number of ether oxygens (including phenoxy) is 1. The Balaban J connectivity index is 1.66. The molecule has 0 spiro atoms. The first-order chi connectivity index (χ1) is 11.8. The number of hydrogen-bond acceptors (Lipinski definition) is 3. The number of aromatic nitrogens is 1. The van der Waals surface area contributed by atoms with E-state index >= 15 is 0 Å². The van der Waals surface area contributed by atoms with Crippen molar-refractivity contribution in [3.63, 3.8) is 0 Å². The van der Waals surface area contributed by atoms with Gasteiger partial charge in [0.1, 0.15) is 5.82 Å². The van der Waals surface area contributed by atoms with Crippen molar-refractivity contribution in [2.24, 2.45) is 0 Å². The third kappa shape index (κ3) is 3.13. The number of nitrogens with zero attached hydrogens (tertiary/aromatic N) is 2. The minimum absolute atomic E-state index is 0.786. The van der Waals surface area contributed by atoms with Crippen LogP contribution in [0.3, 0.4) is 0 Å². The van der Waals surface area contributed by atoms with E-state index in [2.05, 4.69) is 66.4 Å².